The Morgan fingerprint density at radius 2 is 1.39 bits per heavy atom. The Morgan fingerprint density at radius 1 is 0.870 bits per heavy atom. The maximum atomic E-state index is 13.0. The number of alkyl halides is 4. The van der Waals surface area contributed by atoms with Crippen molar-refractivity contribution in [1.82, 2.24) is 14.7 Å². The number of benzene rings is 1. The van der Waals surface area contributed by atoms with Gasteiger partial charge >= 0.3 is 6.18 Å². The monoisotopic (exact) mass is 331 g/mol. The van der Waals surface area contributed by atoms with Gasteiger partial charge in [-0.05, 0) is 23.8 Å². The van der Waals surface area contributed by atoms with Crippen LogP contribution in [-0.4, -0.2) is 59.2 Å². The Bertz CT molecular complexity index is 581. The summed E-state index contributed by atoms with van der Waals surface area (Å²) < 4.78 is 52.8. The summed E-state index contributed by atoms with van der Waals surface area (Å²) in [6.45, 7) is 4.93. The molecule has 4 aliphatic rings. The molecule has 0 amide bonds. The van der Waals surface area contributed by atoms with E-state index < -0.39 is 18.4 Å². The lowest BCUT2D eigenvalue weighted by Gasteiger charge is -2.60. The van der Waals surface area contributed by atoms with Crippen LogP contribution in [0.5, 0.6) is 0 Å². The molecule has 0 unspecified atom stereocenters. The van der Waals surface area contributed by atoms with Gasteiger partial charge in [0, 0.05) is 5.56 Å². The van der Waals surface area contributed by atoms with Crippen LogP contribution in [0, 0.1) is 0 Å². The predicted octanol–water partition coefficient (Wildman–Crippen LogP) is 2.18. The van der Waals surface area contributed by atoms with Gasteiger partial charge in [-0.1, -0.05) is 0 Å². The van der Waals surface area contributed by atoms with Gasteiger partial charge in [-0.15, -0.1) is 0 Å². The Hall–Kier alpha value is -1.22. The van der Waals surface area contributed by atoms with E-state index in [0.29, 0.717) is 16.6 Å². The highest BCUT2D eigenvalue weighted by atomic mass is 19.4. The van der Waals surface area contributed by atoms with Crippen molar-refractivity contribution in [1.29, 1.82) is 0 Å². The average Bonchev–Trinajstić information content (AvgIpc) is 2.43. The number of quaternary nitrogens is 1. The van der Waals surface area contributed by atoms with Crippen LogP contribution in [0.4, 0.5) is 17.6 Å². The molecule has 0 aliphatic carbocycles. The molecule has 0 saturated carbocycles. The number of halogens is 4. The second-order valence-electron chi connectivity index (χ2n) is 7.03. The first-order valence-corrected chi connectivity index (χ1v) is 7.63. The van der Waals surface area contributed by atoms with Gasteiger partial charge in [-0.3, -0.25) is 4.48 Å². The third-order valence-corrected chi connectivity index (χ3v) is 4.75. The molecule has 4 bridgehead atoms. The average molecular weight is 331 g/mol. The molecule has 0 spiro atoms. The molecule has 8 heteroatoms. The summed E-state index contributed by atoms with van der Waals surface area (Å²) in [5, 5.41) is 0. The van der Waals surface area contributed by atoms with E-state index in [9.17, 15) is 17.6 Å². The summed E-state index contributed by atoms with van der Waals surface area (Å²) >= 11 is 0. The lowest BCUT2D eigenvalue weighted by atomic mass is 10.0. The molecule has 4 fully saturated rings. The van der Waals surface area contributed by atoms with Crippen molar-refractivity contribution in [2.24, 2.45) is 0 Å². The van der Waals surface area contributed by atoms with Crippen LogP contribution in [0.2, 0.25) is 0 Å². The fourth-order valence-corrected chi connectivity index (χ4v) is 4.29. The zero-order valence-electron chi connectivity index (χ0n) is 12.7. The van der Waals surface area contributed by atoms with Gasteiger partial charge in [-0.25, -0.2) is 19.1 Å². The normalized spacial score (nSPS) is 35.7. The molecule has 1 aromatic rings. The molecule has 4 nitrogen and oxygen atoms in total. The molecule has 126 valence electrons. The van der Waals surface area contributed by atoms with Gasteiger partial charge in [0.05, 0.1) is 25.6 Å². The fraction of sp³-hybridized carbons (Fsp3) is 0.600. The maximum absolute atomic E-state index is 13.0. The molecule has 5 rings (SSSR count). The lowest BCUT2D eigenvalue weighted by molar-refractivity contribution is -0.991. The minimum absolute atomic E-state index is 0.102. The molecule has 4 aliphatic heterocycles. The third-order valence-electron chi connectivity index (χ3n) is 4.75. The number of rotatable bonds is 3. The van der Waals surface area contributed by atoms with Crippen molar-refractivity contribution in [2.45, 2.75) is 19.4 Å². The molecule has 0 N–H and O–H groups in total. The molecule has 0 aromatic heterocycles. The smallest absolute Gasteiger partial charge is 0.282 e. The second-order valence-corrected chi connectivity index (χ2v) is 7.03. The first kappa shape index (κ1) is 15.3. The SMILES string of the molecule is FCc1cc(C[N+]23CN4CN(CN(C4)C2)C3)cc(C(F)(F)F)c1. The molecule has 0 atom stereocenters. The maximum Gasteiger partial charge on any atom is 0.416 e. The van der Waals surface area contributed by atoms with Crippen molar-refractivity contribution < 1.29 is 22.0 Å². The molecular weight excluding hydrogens is 312 g/mol. The van der Waals surface area contributed by atoms with Crippen molar-refractivity contribution >= 4 is 0 Å². The van der Waals surface area contributed by atoms with E-state index in [0.717, 1.165) is 46.1 Å². The molecule has 23 heavy (non-hydrogen) atoms. The van der Waals surface area contributed by atoms with Crippen LogP contribution < -0.4 is 0 Å². The van der Waals surface area contributed by atoms with Crippen LogP contribution in [-0.2, 0) is 19.4 Å². The summed E-state index contributed by atoms with van der Waals surface area (Å²) in [6.07, 6.45) is -4.44. The first-order chi connectivity index (χ1) is 10.9. The highest BCUT2D eigenvalue weighted by molar-refractivity contribution is 5.31. The summed E-state index contributed by atoms with van der Waals surface area (Å²) in [5.74, 6) is 0. The van der Waals surface area contributed by atoms with E-state index in [2.05, 4.69) is 14.7 Å². The Labute approximate surface area is 132 Å². The van der Waals surface area contributed by atoms with Gasteiger partial charge < -0.3 is 0 Å². The van der Waals surface area contributed by atoms with Crippen LogP contribution >= 0.6 is 0 Å². The summed E-state index contributed by atoms with van der Waals surface area (Å²) in [6, 6.07) is 3.66. The Morgan fingerprint density at radius 3 is 1.87 bits per heavy atom. The van der Waals surface area contributed by atoms with Gasteiger partial charge in [0.1, 0.15) is 33.2 Å². The van der Waals surface area contributed by atoms with E-state index in [1.807, 2.05) is 0 Å². The van der Waals surface area contributed by atoms with E-state index in [1.165, 1.54) is 6.07 Å². The third kappa shape index (κ3) is 2.84. The van der Waals surface area contributed by atoms with Crippen LogP contribution in [0.1, 0.15) is 16.7 Å². The quantitative estimate of drug-likeness (QED) is 0.621. The van der Waals surface area contributed by atoms with Crippen LogP contribution in [0.15, 0.2) is 18.2 Å². The fourth-order valence-electron chi connectivity index (χ4n) is 4.29. The van der Waals surface area contributed by atoms with Gasteiger partial charge in [0.15, 0.2) is 0 Å². The zero-order valence-corrected chi connectivity index (χ0v) is 12.7. The van der Waals surface area contributed by atoms with Crippen molar-refractivity contribution in [2.75, 3.05) is 40.0 Å². The van der Waals surface area contributed by atoms with E-state index in [1.54, 1.807) is 6.07 Å². The van der Waals surface area contributed by atoms with Crippen molar-refractivity contribution in [3.8, 4) is 0 Å². The largest absolute Gasteiger partial charge is 0.416 e. The number of nitrogens with zero attached hydrogens (tertiary/aromatic N) is 4. The van der Waals surface area contributed by atoms with Gasteiger partial charge in [0.2, 0.25) is 0 Å². The van der Waals surface area contributed by atoms with E-state index in [4.69, 9.17) is 0 Å². The topological polar surface area (TPSA) is 9.72 Å². The van der Waals surface area contributed by atoms with Gasteiger partial charge in [0.25, 0.3) is 0 Å². The Balaban J connectivity index is 1.63. The highest BCUT2D eigenvalue weighted by Crippen LogP contribution is 2.34. The first-order valence-electron chi connectivity index (χ1n) is 7.63. The van der Waals surface area contributed by atoms with Crippen LogP contribution in [0.25, 0.3) is 0 Å². The number of hydrogen-bond acceptors (Lipinski definition) is 3. The molecular formula is C15H19F4N4+. The molecule has 0 radical (unpaired) electrons. The van der Waals surface area contributed by atoms with E-state index in [-0.39, 0.29) is 5.56 Å². The minimum atomic E-state index is -4.44. The summed E-state index contributed by atoms with van der Waals surface area (Å²) in [7, 11) is 0. The van der Waals surface area contributed by atoms with Crippen LogP contribution in [0.3, 0.4) is 0 Å². The van der Waals surface area contributed by atoms with Gasteiger partial charge in [-0.2, -0.15) is 13.2 Å². The second kappa shape index (κ2) is 5.14. The summed E-state index contributed by atoms with van der Waals surface area (Å²) in [4.78, 5) is 6.92. The summed E-state index contributed by atoms with van der Waals surface area (Å²) in [5.41, 5.74) is -0.0832. The Kier molecular flexibility index (Phi) is 3.42. The standard InChI is InChI=1S/C15H19F4N4/c16-4-12-1-13(3-14(2-12)15(17,18)19)5-23-9-20-6-21(10-23)8-22(7-20)11-23/h1-3H,4-11H2/q+1. The molecule has 4 heterocycles. The van der Waals surface area contributed by atoms with Crippen molar-refractivity contribution in [3.63, 3.8) is 0 Å². The van der Waals surface area contributed by atoms with E-state index >= 15 is 0 Å². The lowest BCUT2D eigenvalue weighted by Crippen LogP contribution is -2.78. The highest BCUT2D eigenvalue weighted by Gasteiger charge is 2.48. The predicted molar refractivity (Wildman–Crippen MR) is 74.9 cm³/mol. The number of hydrogen-bond donors (Lipinski definition) is 0. The minimum Gasteiger partial charge on any atom is -0.282 e. The molecule has 1 aromatic carbocycles. The van der Waals surface area contributed by atoms with Crippen molar-refractivity contribution in [3.05, 3.63) is 34.9 Å². The zero-order chi connectivity index (χ0) is 16.2. The molecule has 4 saturated heterocycles.